The Morgan fingerprint density at radius 3 is 2.80 bits per heavy atom. The van der Waals surface area contributed by atoms with E-state index in [1.807, 2.05) is 0 Å². The molecule has 0 aliphatic heterocycles. The van der Waals surface area contributed by atoms with Gasteiger partial charge in [0, 0.05) is 17.7 Å². The van der Waals surface area contributed by atoms with Crippen molar-refractivity contribution in [3.05, 3.63) is 0 Å². The number of alkyl halides is 1. The van der Waals surface area contributed by atoms with Crippen LogP contribution in [-0.2, 0) is 4.79 Å². The number of ketones is 1. The summed E-state index contributed by atoms with van der Waals surface area (Å²) >= 11 is 6.68. The van der Waals surface area contributed by atoms with E-state index in [1.165, 1.54) is 12.8 Å². The van der Waals surface area contributed by atoms with Crippen LogP contribution in [0.25, 0.3) is 0 Å². The monoisotopic (exact) mass is 226 g/mol. The predicted molar refractivity (Wildman–Crippen MR) is 60.9 cm³/mol. The Morgan fingerprint density at radius 1 is 1.40 bits per heavy atom. The summed E-state index contributed by atoms with van der Waals surface area (Å²) in [5, 5.41) is 0.220. The lowest BCUT2D eigenvalue weighted by Gasteiger charge is -2.47. The van der Waals surface area contributed by atoms with Gasteiger partial charge in [0.2, 0.25) is 0 Å². The van der Waals surface area contributed by atoms with Crippen LogP contribution in [0.2, 0.25) is 0 Å². The molecule has 0 heterocycles. The number of hydrogen-bond donors (Lipinski definition) is 0. The second-order valence-electron chi connectivity index (χ2n) is 6.43. The number of carbonyl (C=O) groups is 1. The molecule has 3 saturated carbocycles. The minimum Gasteiger partial charge on any atom is -0.299 e. The van der Waals surface area contributed by atoms with Gasteiger partial charge >= 0.3 is 0 Å². The summed E-state index contributed by atoms with van der Waals surface area (Å²) in [5.74, 6) is 1.50. The van der Waals surface area contributed by atoms with Crippen molar-refractivity contribution >= 4 is 17.4 Å². The SMILES string of the molecule is CC1(C)[C@H]2C[C@@H]3C(=O)CCC[C@@]3(C2)[C@H]1Cl. The third-order valence-corrected chi connectivity index (χ3v) is 6.50. The number of rotatable bonds is 0. The molecule has 0 saturated heterocycles. The van der Waals surface area contributed by atoms with Gasteiger partial charge in [-0.3, -0.25) is 4.79 Å². The van der Waals surface area contributed by atoms with E-state index in [2.05, 4.69) is 13.8 Å². The second kappa shape index (κ2) is 2.80. The lowest BCUT2D eigenvalue weighted by atomic mass is 9.60. The topological polar surface area (TPSA) is 17.1 Å². The molecule has 0 aromatic carbocycles. The van der Waals surface area contributed by atoms with Crippen LogP contribution in [-0.4, -0.2) is 11.2 Å². The Kier molecular flexibility index (Phi) is 1.89. The third-order valence-electron chi connectivity index (χ3n) is 5.50. The molecule has 0 radical (unpaired) electrons. The first kappa shape index (κ1) is 10.1. The van der Waals surface area contributed by atoms with Crippen LogP contribution in [0.3, 0.4) is 0 Å². The van der Waals surface area contributed by atoms with Crippen LogP contribution < -0.4 is 0 Å². The molecule has 0 aromatic heterocycles. The Labute approximate surface area is 96.6 Å². The van der Waals surface area contributed by atoms with Crippen LogP contribution in [0.5, 0.6) is 0 Å². The zero-order valence-electron chi connectivity index (χ0n) is 9.55. The molecular formula is C13H19ClO. The van der Waals surface area contributed by atoms with E-state index < -0.39 is 0 Å². The molecule has 0 N–H and O–H groups in total. The average molecular weight is 227 g/mol. The van der Waals surface area contributed by atoms with Gasteiger partial charge in [-0.25, -0.2) is 0 Å². The highest BCUT2D eigenvalue weighted by Crippen LogP contribution is 2.70. The van der Waals surface area contributed by atoms with Crippen LogP contribution in [0.15, 0.2) is 0 Å². The maximum absolute atomic E-state index is 12.0. The fourth-order valence-electron chi connectivity index (χ4n) is 4.62. The first-order chi connectivity index (χ1) is 6.98. The molecule has 3 aliphatic carbocycles. The summed E-state index contributed by atoms with van der Waals surface area (Å²) in [7, 11) is 0. The van der Waals surface area contributed by atoms with Gasteiger partial charge in [-0.15, -0.1) is 11.6 Å². The lowest BCUT2D eigenvalue weighted by molar-refractivity contribution is -0.130. The molecule has 3 fully saturated rings. The summed E-state index contributed by atoms with van der Waals surface area (Å²) in [6.07, 6.45) is 5.40. The number of Topliss-reactive ketones (excluding diaryl/α,β-unsaturated/α-hetero) is 1. The van der Waals surface area contributed by atoms with E-state index in [-0.39, 0.29) is 16.2 Å². The molecule has 2 heteroatoms. The second-order valence-corrected chi connectivity index (χ2v) is 6.86. The first-order valence-corrected chi connectivity index (χ1v) is 6.59. The highest BCUT2D eigenvalue weighted by Gasteiger charge is 2.67. The van der Waals surface area contributed by atoms with Crippen LogP contribution in [0.4, 0.5) is 0 Å². The highest BCUT2D eigenvalue weighted by molar-refractivity contribution is 6.22. The Balaban J connectivity index is 2.03. The molecule has 15 heavy (non-hydrogen) atoms. The first-order valence-electron chi connectivity index (χ1n) is 6.15. The Morgan fingerprint density at radius 2 is 2.13 bits per heavy atom. The minimum atomic E-state index is 0.186. The molecule has 1 spiro atoms. The van der Waals surface area contributed by atoms with Crippen LogP contribution in [0, 0.1) is 22.7 Å². The molecule has 3 rings (SSSR count). The van der Waals surface area contributed by atoms with Crippen LogP contribution >= 0.6 is 11.6 Å². The molecule has 0 unspecified atom stereocenters. The van der Waals surface area contributed by atoms with Crippen molar-refractivity contribution in [2.24, 2.45) is 22.7 Å². The maximum atomic E-state index is 12.0. The van der Waals surface area contributed by atoms with E-state index in [0.717, 1.165) is 19.3 Å². The number of halogens is 1. The van der Waals surface area contributed by atoms with Crippen molar-refractivity contribution in [1.29, 1.82) is 0 Å². The van der Waals surface area contributed by atoms with Gasteiger partial charge in [-0.2, -0.15) is 0 Å². The van der Waals surface area contributed by atoms with Crippen molar-refractivity contribution in [2.45, 2.75) is 51.3 Å². The molecule has 0 amide bonds. The summed E-state index contributed by atoms with van der Waals surface area (Å²) in [5.41, 5.74) is 0.431. The number of fused-ring (bicyclic) bond motifs is 1. The fourth-order valence-corrected chi connectivity index (χ4v) is 5.15. The van der Waals surface area contributed by atoms with Gasteiger partial charge < -0.3 is 0 Å². The summed E-state index contributed by atoms with van der Waals surface area (Å²) in [6, 6.07) is 0. The van der Waals surface area contributed by atoms with E-state index in [0.29, 0.717) is 17.6 Å². The van der Waals surface area contributed by atoms with Gasteiger partial charge in [0.1, 0.15) is 5.78 Å². The summed E-state index contributed by atoms with van der Waals surface area (Å²) in [6.45, 7) is 4.58. The smallest absolute Gasteiger partial charge is 0.136 e. The molecule has 1 nitrogen and oxygen atoms in total. The minimum absolute atomic E-state index is 0.186. The van der Waals surface area contributed by atoms with Gasteiger partial charge in [0.25, 0.3) is 0 Å². The average Bonchev–Trinajstić information content (AvgIpc) is 2.65. The van der Waals surface area contributed by atoms with Crippen molar-refractivity contribution < 1.29 is 4.79 Å². The molecule has 0 aromatic rings. The summed E-state index contributed by atoms with van der Waals surface area (Å²) in [4.78, 5) is 12.0. The van der Waals surface area contributed by atoms with Crippen molar-refractivity contribution in [3.8, 4) is 0 Å². The van der Waals surface area contributed by atoms with E-state index in [9.17, 15) is 4.79 Å². The van der Waals surface area contributed by atoms with Crippen LogP contribution in [0.1, 0.15) is 46.0 Å². The molecule has 3 aliphatic rings. The van der Waals surface area contributed by atoms with Gasteiger partial charge in [-0.05, 0) is 42.4 Å². The van der Waals surface area contributed by atoms with Gasteiger partial charge in [-0.1, -0.05) is 13.8 Å². The highest BCUT2D eigenvalue weighted by atomic mass is 35.5. The number of carbonyl (C=O) groups excluding carboxylic acids is 1. The summed E-state index contributed by atoms with van der Waals surface area (Å²) < 4.78 is 0. The zero-order chi connectivity index (χ0) is 10.8. The molecule has 84 valence electrons. The Bertz CT molecular complexity index is 322. The standard InChI is InChI=1S/C13H19ClO/c1-12(2)8-6-9-10(15)4-3-5-13(9,7-8)11(12)14/h8-9,11H,3-7H2,1-2H3/t8-,9+,11-,13-/m0/s1. The van der Waals surface area contributed by atoms with Crippen molar-refractivity contribution in [3.63, 3.8) is 0 Å². The number of hydrogen-bond acceptors (Lipinski definition) is 1. The normalized spacial score (nSPS) is 51.9. The van der Waals surface area contributed by atoms with E-state index in [1.54, 1.807) is 0 Å². The van der Waals surface area contributed by atoms with Gasteiger partial charge in [0.15, 0.2) is 0 Å². The zero-order valence-corrected chi connectivity index (χ0v) is 10.3. The van der Waals surface area contributed by atoms with Crippen molar-refractivity contribution in [2.75, 3.05) is 0 Å². The van der Waals surface area contributed by atoms with Crippen molar-refractivity contribution in [1.82, 2.24) is 0 Å². The fraction of sp³-hybridized carbons (Fsp3) is 0.923. The maximum Gasteiger partial charge on any atom is 0.136 e. The van der Waals surface area contributed by atoms with E-state index >= 15 is 0 Å². The Hall–Kier alpha value is -0.0400. The molecular weight excluding hydrogens is 208 g/mol. The lowest BCUT2D eigenvalue weighted by Crippen LogP contribution is -2.48. The van der Waals surface area contributed by atoms with Gasteiger partial charge in [0.05, 0.1) is 0 Å². The largest absolute Gasteiger partial charge is 0.299 e. The molecule has 2 bridgehead atoms. The van der Waals surface area contributed by atoms with E-state index in [4.69, 9.17) is 11.6 Å². The predicted octanol–water partition coefficient (Wildman–Crippen LogP) is 3.40. The third kappa shape index (κ3) is 1.03. The quantitative estimate of drug-likeness (QED) is 0.579. The molecule has 4 atom stereocenters.